The summed E-state index contributed by atoms with van der Waals surface area (Å²) in [5.74, 6) is 0.387. The van der Waals surface area contributed by atoms with Crippen molar-refractivity contribution in [1.82, 2.24) is 0 Å². The van der Waals surface area contributed by atoms with Crippen LogP contribution >= 0.6 is 11.3 Å². The molecule has 1 saturated carbocycles. The van der Waals surface area contributed by atoms with Crippen molar-refractivity contribution in [3.8, 4) is 0 Å². The predicted molar refractivity (Wildman–Crippen MR) is 120 cm³/mol. The van der Waals surface area contributed by atoms with Gasteiger partial charge in [0, 0.05) is 12.0 Å². The Labute approximate surface area is 171 Å². The lowest BCUT2D eigenvalue weighted by Crippen LogP contribution is -2.60. The highest BCUT2D eigenvalue weighted by molar-refractivity contribution is 7.08. The summed E-state index contributed by atoms with van der Waals surface area (Å²) < 4.78 is 6.97. The molecule has 28 heavy (non-hydrogen) atoms. The molecule has 1 fully saturated rings. The Kier molecular flexibility index (Phi) is 5.44. The van der Waals surface area contributed by atoms with Crippen LogP contribution in [0, 0.1) is 5.92 Å². The summed E-state index contributed by atoms with van der Waals surface area (Å²) >= 11 is 1.65. The van der Waals surface area contributed by atoms with Gasteiger partial charge in [0.15, 0.2) is 5.78 Å². The van der Waals surface area contributed by atoms with Gasteiger partial charge in [-0.3, -0.25) is 4.79 Å². The van der Waals surface area contributed by atoms with E-state index in [1.54, 1.807) is 11.3 Å². The number of carbonyl (C=O) groups is 1. The molecule has 1 aliphatic rings. The highest BCUT2D eigenvalue weighted by atomic mass is 32.1. The first-order chi connectivity index (χ1) is 13.6. The average Bonchev–Trinajstić information content (AvgIpc) is 3.33. The number of hydrogen-bond acceptors (Lipinski definition) is 3. The van der Waals surface area contributed by atoms with Crippen molar-refractivity contribution < 1.29 is 9.22 Å². The van der Waals surface area contributed by atoms with Gasteiger partial charge < -0.3 is 4.43 Å². The third-order valence-corrected chi connectivity index (χ3v) is 9.83. The molecule has 0 spiro atoms. The molecule has 4 heteroatoms. The van der Waals surface area contributed by atoms with Gasteiger partial charge in [0.1, 0.15) is 0 Å². The van der Waals surface area contributed by atoms with Crippen molar-refractivity contribution >= 4 is 41.9 Å². The van der Waals surface area contributed by atoms with Gasteiger partial charge in [-0.15, -0.1) is 0 Å². The maximum Gasteiger partial charge on any atom is 0.253 e. The number of hydrogen-bond donors (Lipinski definition) is 0. The number of benzene rings is 2. The second-order valence-electron chi connectivity index (χ2n) is 7.56. The Morgan fingerprint density at radius 1 is 1.00 bits per heavy atom. The van der Waals surface area contributed by atoms with Gasteiger partial charge in [-0.05, 0) is 51.3 Å². The Hall–Kier alpha value is -2.27. The lowest BCUT2D eigenvalue weighted by molar-refractivity contribution is -0.114. The SMILES string of the molecule is CC1CC(=O)/C(=C\c2ccsc2)C1O[Si](C)(c1ccccc1)c1ccccc1. The standard InChI is InChI=1S/C24H24O2SSi/c1-18-15-23(25)22(16-19-13-14-27-17-19)24(18)26-28(2,20-9-5-3-6-10-20)21-11-7-4-8-12-21/h3-14,16-18,24H,15H2,1-2H3/b22-16+. The fourth-order valence-corrected chi connectivity index (χ4v) is 7.68. The van der Waals surface area contributed by atoms with E-state index in [4.69, 9.17) is 4.43 Å². The molecule has 2 aromatic carbocycles. The van der Waals surface area contributed by atoms with Crippen LogP contribution in [0.25, 0.3) is 6.08 Å². The van der Waals surface area contributed by atoms with Gasteiger partial charge in [0.05, 0.1) is 6.10 Å². The molecule has 2 nitrogen and oxygen atoms in total. The van der Waals surface area contributed by atoms with Crippen LogP contribution in [0.3, 0.4) is 0 Å². The van der Waals surface area contributed by atoms with E-state index in [2.05, 4.69) is 73.4 Å². The summed E-state index contributed by atoms with van der Waals surface area (Å²) in [5, 5.41) is 6.56. The van der Waals surface area contributed by atoms with Crippen molar-refractivity contribution in [3.63, 3.8) is 0 Å². The summed E-state index contributed by atoms with van der Waals surface area (Å²) in [6.07, 6.45) is 2.40. The molecule has 2 unspecified atom stereocenters. The first-order valence-electron chi connectivity index (χ1n) is 9.64. The van der Waals surface area contributed by atoms with Crippen molar-refractivity contribution in [1.29, 1.82) is 0 Å². The van der Waals surface area contributed by atoms with E-state index in [0.717, 1.165) is 11.1 Å². The minimum atomic E-state index is -2.47. The Balaban J connectivity index is 1.77. The van der Waals surface area contributed by atoms with E-state index in [1.165, 1.54) is 10.4 Å². The topological polar surface area (TPSA) is 26.3 Å². The van der Waals surface area contributed by atoms with Crippen LogP contribution in [0.5, 0.6) is 0 Å². The molecule has 0 aliphatic heterocycles. The highest BCUT2D eigenvalue weighted by Gasteiger charge is 2.43. The fraction of sp³-hybridized carbons (Fsp3) is 0.208. The van der Waals surface area contributed by atoms with E-state index in [-0.39, 0.29) is 17.8 Å². The van der Waals surface area contributed by atoms with Crippen molar-refractivity contribution in [3.05, 3.63) is 88.6 Å². The summed E-state index contributed by atoms with van der Waals surface area (Å²) in [4.78, 5) is 12.8. The van der Waals surface area contributed by atoms with Crippen LogP contribution in [-0.2, 0) is 9.22 Å². The quantitative estimate of drug-likeness (QED) is 0.462. The summed E-state index contributed by atoms with van der Waals surface area (Å²) in [6, 6.07) is 23.0. The van der Waals surface area contributed by atoms with E-state index in [1.807, 2.05) is 23.6 Å². The minimum absolute atomic E-state index is 0.176. The molecule has 3 aromatic rings. The second kappa shape index (κ2) is 8.00. The van der Waals surface area contributed by atoms with Gasteiger partial charge in [-0.1, -0.05) is 67.6 Å². The smallest absolute Gasteiger partial charge is 0.253 e. The van der Waals surface area contributed by atoms with Gasteiger partial charge in [0.25, 0.3) is 8.32 Å². The van der Waals surface area contributed by atoms with E-state index < -0.39 is 8.32 Å². The maximum absolute atomic E-state index is 12.8. The molecule has 0 radical (unpaired) electrons. The molecule has 0 bridgehead atoms. The summed E-state index contributed by atoms with van der Waals surface area (Å²) in [5.41, 5.74) is 1.90. The number of carbonyl (C=O) groups excluding carboxylic acids is 1. The number of thiophene rings is 1. The Bertz CT molecular complexity index is 925. The monoisotopic (exact) mass is 404 g/mol. The molecular formula is C24H24O2SSi. The lowest BCUT2D eigenvalue weighted by atomic mass is 10.1. The first kappa shape index (κ1) is 19.1. The van der Waals surface area contributed by atoms with Crippen molar-refractivity contribution in [2.75, 3.05) is 0 Å². The van der Waals surface area contributed by atoms with Crippen LogP contribution < -0.4 is 10.4 Å². The van der Waals surface area contributed by atoms with Crippen LogP contribution in [0.1, 0.15) is 18.9 Å². The van der Waals surface area contributed by atoms with Crippen molar-refractivity contribution in [2.45, 2.75) is 26.0 Å². The minimum Gasteiger partial charge on any atom is -0.401 e. The molecular weight excluding hydrogens is 380 g/mol. The predicted octanol–water partition coefficient (Wildman–Crippen LogP) is 4.52. The van der Waals surface area contributed by atoms with Gasteiger partial charge in [-0.2, -0.15) is 11.3 Å². The van der Waals surface area contributed by atoms with Crippen LogP contribution in [0.15, 0.2) is 83.1 Å². The molecule has 2 atom stereocenters. The largest absolute Gasteiger partial charge is 0.401 e. The van der Waals surface area contributed by atoms with E-state index >= 15 is 0 Å². The van der Waals surface area contributed by atoms with Crippen LogP contribution in [0.2, 0.25) is 6.55 Å². The normalized spacial score (nSPS) is 21.4. The van der Waals surface area contributed by atoms with Crippen LogP contribution in [-0.4, -0.2) is 20.2 Å². The summed E-state index contributed by atoms with van der Waals surface area (Å²) in [7, 11) is -2.47. The molecule has 0 amide bonds. The molecule has 0 saturated heterocycles. The zero-order valence-electron chi connectivity index (χ0n) is 16.2. The molecule has 142 valence electrons. The zero-order chi connectivity index (χ0) is 19.6. The molecule has 1 aromatic heterocycles. The number of Topliss-reactive ketones (excluding diaryl/α,β-unsaturated/α-hetero) is 1. The fourth-order valence-electron chi connectivity index (χ4n) is 3.93. The van der Waals surface area contributed by atoms with Crippen LogP contribution in [0.4, 0.5) is 0 Å². The van der Waals surface area contributed by atoms with E-state index in [0.29, 0.717) is 6.42 Å². The van der Waals surface area contributed by atoms with Gasteiger partial charge >= 0.3 is 0 Å². The molecule has 1 aliphatic carbocycles. The highest BCUT2D eigenvalue weighted by Crippen LogP contribution is 2.34. The Morgan fingerprint density at radius 2 is 1.61 bits per heavy atom. The third kappa shape index (κ3) is 3.68. The van der Waals surface area contributed by atoms with Gasteiger partial charge in [0.2, 0.25) is 0 Å². The van der Waals surface area contributed by atoms with E-state index in [9.17, 15) is 4.79 Å². The average molecular weight is 405 g/mol. The lowest BCUT2D eigenvalue weighted by Gasteiger charge is -2.33. The first-order valence-corrected chi connectivity index (χ1v) is 13.0. The molecule has 1 heterocycles. The Morgan fingerprint density at radius 3 is 2.14 bits per heavy atom. The zero-order valence-corrected chi connectivity index (χ0v) is 18.0. The second-order valence-corrected chi connectivity index (χ2v) is 11.8. The summed E-state index contributed by atoms with van der Waals surface area (Å²) in [6.45, 7) is 4.37. The molecule has 4 rings (SSSR count). The van der Waals surface area contributed by atoms with Gasteiger partial charge in [-0.25, -0.2) is 0 Å². The van der Waals surface area contributed by atoms with Crippen molar-refractivity contribution in [2.24, 2.45) is 5.92 Å². The number of rotatable bonds is 5. The number of ketones is 1. The molecule has 0 N–H and O–H groups in total. The maximum atomic E-state index is 12.8. The third-order valence-electron chi connectivity index (χ3n) is 5.53.